The van der Waals surface area contributed by atoms with E-state index >= 15 is 0 Å². The van der Waals surface area contributed by atoms with Crippen LogP contribution in [0.1, 0.15) is 84.9 Å². The van der Waals surface area contributed by atoms with Gasteiger partial charge in [-0.25, -0.2) is 4.98 Å². The van der Waals surface area contributed by atoms with Crippen molar-refractivity contribution < 1.29 is 13.6 Å². The maximum atomic E-state index is 13.6. The van der Waals surface area contributed by atoms with Gasteiger partial charge in [0.1, 0.15) is 17.4 Å². The van der Waals surface area contributed by atoms with Crippen molar-refractivity contribution in [3.8, 4) is 0 Å². The molecule has 6 rings (SSSR count). The minimum atomic E-state index is -0.439. The Hall–Kier alpha value is -3.42. The Kier molecular flexibility index (Phi) is 4.09. The Morgan fingerprint density at radius 1 is 1.16 bits per heavy atom. The van der Waals surface area contributed by atoms with E-state index in [1.807, 2.05) is 39.0 Å². The molecule has 1 aliphatic carbocycles. The van der Waals surface area contributed by atoms with Gasteiger partial charge in [0, 0.05) is 35.0 Å². The van der Waals surface area contributed by atoms with Crippen LogP contribution in [0.5, 0.6) is 0 Å². The Morgan fingerprint density at radius 2 is 1.97 bits per heavy atom. The van der Waals surface area contributed by atoms with Gasteiger partial charge in [0.15, 0.2) is 0 Å². The lowest BCUT2D eigenvalue weighted by atomic mass is 9.95. The van der Waals surface area contributed by atoms with Gasteiger partial charge in [0.05, 0.1) is 12.0 Å². The number of aromatic nitrogens is 4. The molecule has 8 heteroatoms. The standard InChI is InChI=1S/C24H25N5O3/c1-24(2,3)23-28-27-21(32-23)22(30)29-11-10-15-18(26-12-25-15)19(29)20-17(13-8-9-13)14-6-4-5-7-16(14)31-20/h4-7,12-13,19H,8-11H2,1-3H3,(H,25,26)/t19-/m0/s1. The summed E-state index contributed by atoms with van der Waals surface area (Å²) in [5, 5.41) is 9.31. The van der Waals surface area contributed by atoms with Crippen LogP contribution in [0.4, 0.5) is 0 Å². The van der Waals surface area contributed by atoms with Crippen LogP contribution in [0, 0.1) is 0 Å². The molecule has 0 saturated heterocycles. The molecule has 4 heterocycles. The van der Waals surface area contributed by atoms with Crippen LogP contribution in [0.25, 0.3) is 11.0 Å². The molecule has 1 aromatic carbocycles. The average molecular weight is 431 g/mol. The third-order valence-corrected chi connectivity index (χ3v) is 6.33. The molecular formula is C24H25N5O3. The van der Waals surface area contributed by atoms with E-state index in [1.54, 1.807) is 11.2 Å². The molecule has 32 heavy (non-hydrogen) atoms. The molecule has 3 aromatic heterocycles. The maximum absolute atomic E-state index is 13.6. The minimum Gasteiger partial charge on any atom is -0.458 e. The van der Waals surface area contributed by atoms with Gasteiger partial charge in [-0.15, -0.1) is 10.2 Å². The van der Waals surface area contributed by atoms with Crippen LogP contribution in [0.2, 0.25) is 0 Å². The number of hydrogen-bond acceptors (Lipinski definition) is 6. The van der Waals surface area contributed by atoms with Crippen molar-refractivity contribution in [1.29, 1.82) is 0 Å². The second kappa shape index (κ2) is 6.79. The molecular weight excluding hydrogens is 406 g/mol. The fourth-order valence-corrected chi connectivity index (χ4v) is 4.58. The number of carbonyl (C=O) groups is 1. The topological polar surface area (TPSA) is 101 Å². The van der Waals surface area contributed by atoms with E-state index in [0.29, 0.717) is 24.8 Å². The van der Waals surface area contributed by atoms with E-state index in [-0.39, 0.29) is 17.2 Å². The highest BCUT2D eigenvalue weighted by Gasteiger charge is 2.43. The van der Waals surface area contributed by atoms with Gasteiger partial charge in [-0.05, 0) is 24.8 Å². The fourth-order valence-electron chi connectivity index (χ4n) is 4.58. The summed E-state index contributed by atoms with van der Waals surface area (Å²) in [6.45, 7) is 6.44. The molecule has 0 spiro atoms. The molecule has 1 fully saturated rings. The maximum Gasteiger partial charge on any atom is 0.312 e. The zero-order chi connectivity index (χ0) is 22.0. The highest BCUT2D eigenvalue weighted by Crippen LogP contribution is 2.50. The molecule has 8 nitrogen and oxygen atoms in total. The summed E-state index contributed by atoms with van der Waals surface area (Å²) < 4.78 is 12.2. The van der Waals surface area contributed by atoms with Gasteiger partial charge >= 0.3 is 11.8 Å². The Bertz CT molecular complexity index is 1320. The summed E-state index contributed by atoms with van der Waals surface area (Å²) in [6, 6.07) is 7.65. The van der Waals surface area contributed by atoms with Gasteiger partial charge in [-0.1, -0.05) is 39.0 Å². The fraction of sp³-hybridized carbons (Fsp3) is 0.417. The number of H-pyrrole nitrogens is 1. The van der Waals surface area contributed by atoms with Crippen molar-refractivity contribution in [3.63, 3.8) is 0 Å². The lowest BCUT2D eigenvalue weighted by molar-refractivity contribution is 0.0627. The van der Waals surface area contributed by atoms with E-state index < -0.39 is 6.04 Å². The smallest absolute Gasteiger partial charge is 0.312 e. The number of nitrogens with one attached hydrogen (secondary N) is 1. The van der Waals surface area contributed by atoms with Gasteiger partial charge in [0.2, 0.25) is 5.89 Å². The summed E-state index contributed by atoms with van der Waals surface area (Å²) in [6.07, 6.45) is 4.62. The van der Waals surface area contributed by atoms with Crippen molar-refractivity contribution in [1.82, 2.24) is 25.1 Å². The summed E-state index contributed by atoms with van der Waals surface area (Å²) in [4.78, 5) is 23.2. The number of aromatic amines is 1. The van der Waals surface area contributed by atoms with Crippen LogP contribution in [-0.4, -0.2) is 37.5 Å². The second-order valence-electron chi connectivity index (χ2n) is 9.73. The Balaban J connectivity index is 1.49. The molecule has 0 unspecified atom stereocenters. The normalized spacial score (nSPS) is 18.8. The number of carbonyl (C=O) groups excluding carboxylic acids is 1. The van der Waals surface area contributed by atoms with E-state index in [0.717, 1.165) is 41.0 Å². The third kappa shape index (κ3) is 2.97. The van der Waals surface area contributed by atoms with Crippen molar-refractivity contribution in [2.75, 3.05) is 6.54 Å². The highest BCUT2D eigenvalue weighted by atomic mass is 16.4. The van der Waals surface area contributed by atoms with Crippen LogP contribution in [-0.2, 0) is 11.8 Å². The summed E-state index contributed by atoms with van der Waals surface area (Å²) in [5.41, 5.74) is 3.55. The van der Waals surface area contributed by atoms with Crippen molar-refractivity contribution in [2.45, 2.75) is 57.4 Å². The van der Waals surface area contributed by atoms with E-state index in [1.165, 1.54) is 5.56 Å². The number of rotatable bonds is 3. The summed E-state index contributed by atoms with van der Waals surface area (Å²) in [5.74, 6) is 1.39. The predicted octanol–water partition coefficient (Wildman–Crippen LogP) is 4.50. The summed E-state index contributed by atoms with van der Waals surface area (Å²) >= 11 is 0. The molecule has 0 bridgehead atoms. The van der Waals surface area contributed by atoms with Crippen LogP contribution >= 0.6 is 0 Å². The van der Waals surface area contributed by atoms with Crippen LogP contribution < -0.4 is 0 Å². The quantitative estimate of drug-likeness (QED) is 0.512. The van der Waals surface area contributed by atoms with Gasteiger partial charge in [0.25, 0.3) is 0 Å². The molecule has 164 valence electrons. The zero-order valence-corrected chi connectivity index (χ0v) is 18.4. The largest absolute Gasteiger partial charge is 0.458 e. The average Bonchev–Trinajstić information content (AvgIpc) is 3.20. The van der Waals surface area contributed by atoms with Gasteiger partial charge < -0.3 is 18.7 Å². The number of benzene rings is 1. The first kappa shape index (κ1) is 19.3. The van der Waals surface area contributed by atoms with Crippen LogP contribution in [0.3, 0.4) is 0 Å². The minimum absolute atomic E-state index is 0.00277. The number of amides is 1. The van der Waals surface area contributed by atoms with E-state index in [4.69, 9.17) is 8.83 Å². The van der Waals surface area contributed by atoms with Crippen molar-refractivity contribution in [2.24, 2.45) is 0 Å². The molecule has 1 saturated carbocycles. The third-order valence-electron chi connectivity index (χ3n) is 6.33. The first-order valence-electron chi connectivity index (χ1n) is 11.1. The summed E-state index contributed by atoms with van der Waals surface area (Å²) in [7, 11) is 0. The number of fused-ring (bicyclic) bond motifs is 2. The van der Waals surface area contributed by atoms with Crippen molar-refractivity contribution in [3.05, 3.63) is 65.1 Å². The molecule has 0 radical (unpaired) electrons. The van der Waals surface area contributed by atoms with Crippen LogP contribution in [0.15, 0.2) is 39.4 Å². The zero-order valence-electron chi connectivity index (χ0n) is 18.4. The second-order valence-corrected chi connectivity index (χ2v) is 9.73. The lowest BCUT2D eigenvalue weighted by Crippen LogP contribution is -2.41. The van der Waals surface area contributed by atoms with Crippen molar-refractivity contribution >= 4 is 16.9 Å². The molecule has 1 N–H and O–H groups in total. The van der Waals surface area contributed by atoms with Gasteiger partial charge in [-0.3, -0.25) is 4.79 Å². The van der Waals surface area contributed by atoms with E-state index in [2.05, 4.69) is 26.2 Å². The van der Waals surface area contributed by atoms with E-state index in [9.17, 15) is 4.79 Å². The number of para-hydroxylation sites is 1. The molecule has 1 aliphatic heterocycles. The lowest BCUT2D eigenvalue weighted by Gasteiger charge is -2.33. The highest BCUT2D eigenvalue weighted by molar-refractivity contribution is 5.91. The predicted molar refractivity (Wildman–Crippen MR) is 116 cm³/mol. The molecule has 4 aromatic rings. The SMILES string of the molecule is CC(C)(C)c1nnc(C(=O)N2CCc3[nH]cnc3[C@H]2c2oc3ccccc3c2C2CC2)o1. The molecule has 1 atom stereocenters. The number of imidazole rings is 1. The molecule has 2 aliphatic rings. The first-order valence-corrected chi connectivity index (χ1v) is 11.1. The number of furan rings is 1. The first-order chi connectivity index (χ1) is 15.4. The monoisotopic (exact) mass is 431 g/mol. The number of hydrogen-bond donors (Lipinski definition) is 1. The Labute approximate surface area is 185 Å². The number of nitrogens with zero attached hydrogens (tertiary/aromatic N) is 4. The molecule has 1 amide bonds. The van der Waals surface area contributed by atoms with Gasteiger partial charge in [-0.2, -0.15) is 0 Å². The Morgan fingerprint density at radius 3 is 2.72 bits per heavy atom.